The minimum Gasteiger partial charge on any atom is -0.452 e. The van der Waals surface area contributed by atoms with Crippen LogP contribution in [0.4, 0.5) is 0 Å². The fourth-order valence-corrected chi connectivity index (χ4v) is 3.92. The van der Waals surface area contributed by atoms with Gasteiger partial charge in [0.2, 0.25) is 0 Å². The Balaban J connectivity index is 1.82. The molecule has 1 saturated heterocycles. The van der Waals surface area contributed by atoms with Crippen molar-refractivity contribution in [3.05, 3.63) is 23.5 Å². The van der Waals surface area contributed by atoms with Crippen LogP contribution in [0.25, 0.3) is 11.0 Å². The average molecular weight is 401 g/mol. The highest BCUT2D eigenvalue weighted by atomic mass is 16.5. The van der Waals surface area contributed by atoms with Gasteiger partial charge in [0.15, 0.2) is 12.3 Å². The largest absolute Gasteiger partial charge is 0.452 e. The third-order valence-corrected chi connectivity index (χ3v) is 5.63. The third kappa shape index (κ3) is 4.43. The summed E-state index contributed by atoms with van der Waals surface area (Å²) in [5.41, 5.74) is 1.90. The predicted octanol–water partition coefficient (Wildman–Crippen LogP) is 4.08. The highest BCUT2D eigenvalue weighted by Gasteiger charge is 2.27. The van der Waals surface area contributed by atoms with Crippen molar-refractivity contribution in [2.45, 2.75) is 78.3 Å². The molecule has 0 bridgehead atoms. The Hall–Kier alpha value is -2.44. The molecule has 1 atom stereocenters. The molecule has 3 heterocycles. The number of ether oxygens (including phenoxy) is 1. The predicted molar refractivity (Wildman–Crippen MR) is 112 cm³/mol. The zero-order valence-corrected chi connectivity index (χ0v) is 18.1. The van der Waals surface area contributed by atoms with E-state index < -0.39 is 5.97 Å². The molecule has 0 aromatic carbocycles. The van der Waals surface area contributed by atoms with Crippen molar-refractivity contribution >= 4 is 22.9 Å². The number of carbonyl (C=O) groups excluding carboxylic acids is 2. The first-order valence-electron chi connectivity index (χ1n) is 10.7. The fourth-order valence-electron chi connectivity index (χ4n) is 3.92. The van der Waals surface area contributed by atoms with Crippen LogP contribution in [0, 0.1) is 0 Å². The molecular formula is C22H32N4O3. The second kappa shape index (κ2) is 8.93. The van der Waals surface area contributed by atoms with Gasteiger partial charge < -0.3 is 9.64 Å². The lowest BCUT2D eigenvalue weighted by Crippen LogP contribution is -2.45. The maximum absolute atomic E-state index is 12.9. The molecule has 2 aromatic heterocycles. The van der Waals surface area contributed by atoms with Crippen LogP contribution in [-0.2, 0) is 9.53 Å². The summed E-state index contributed by atoms with van der Waals surface area (Å²) >= 11 is 0. The summed E-state index contributed by atoms with van der Waals surface area (Å²) in [7, 11) is 0. The molecule has 0 N–H and O–H groups in total. The summed E-state index contributed by atoms with van der Waals surface area (Å²) in [4.78, 5) is 32.1. The maximum atomic E-state index is 12.9. The van der Waals surface area contributed by atoms with Crippen molar-refractivity contribution in [2.24, 2.45) is 0 Å². The summed E-state index contributed by atoms with van der Waals surface area (Å²) in [5.74, 6) is -0.458. The topological polar surface area (TPSA) is 77.3 Å². The minimum atomic E-state index is -0.499. The van der Waals surface area contributed by atoms with Crippen LogP contribution < -0.4 is 0 Å². The first kappa shape index (κ1) is 21.3. The summed E-state index contributed by atoms with van der Waals surface area (Å²) in [5, 5.41) is 5.06. The zero-order valence-electron chi connectivity index (χ0n) is 18.1. The third-order valence-electron chi connectivity index (χ3n) is 5.63. The Kier molecular flexibility index (Phi) is 6.55. The smallest absolute Gasteiger partial charge is 0.339 e. The second-order valence-corrected chi connectivity index (χ2v) is 8.39. The summed E-state index contributed by atoms with van der Waals surface area (Å²) in [6.45, 7) is 10.7. The van der Waals surface area contributed by atoms with E-state index in [1.807, 2.05) is 37.3 Å². The molecule has 1 aliphatic rings. The van der Waals surface area contributed by atoms with Crippen molar-refractivity contribution in [3.8, 4) is 0 Å². The molecule has 158 valence electrons. The van der Waals surface area contributed by atoms with Gasteiger partial charge in [0.25, 0.3) is 5.91 Å². The lowest BCUT2D eigenvalue weighted by atomic mass is 10.00. The number of aromatic nitrogens is 3. The second-order valence-electron chi connectivity index (χ2n) is 8.39. The first-order valence-corrected chi connectivity index (χ1v) is 10.7. The Morgan fingerprint density at radius 3 is 2.66 bits per heavy atom. The molecule has 1 fully saturated rings. The van der Waals surface area contributed by atoms with Crippen LogP contribution in [0.2, 0.25) is 0 Å². The Labute approximate surface area is 172 Å². The number of amides is 1. The molecule has 2 aromatic rings. The van der Waals surface area contributed by atoms with Gasteiger partial charge in [0, 0.05) is 24.3 Å². The lowest BCUT2D eigenvalue weighted by molar-refractivity contribution is -0.138. The van der Waals surface area contributed by atoms with Crippen LogP contribution >= 0.6 is 0 Å². The SMILES string of the molecule is CC[C@@H]1CCCCN1C(=O)COC(=O)c1cc(C(C)C)nc2c1cnn2C(C)C. The summed E-state index contributed by atoms with van der Waals surface area (Å²) in [6.07, 6.45) is 5.76. The monoisotopic (exact) mass is 400 g/mol. The summed E-state index contributed by atoms with van der Waals surface area (Å²) < 4.78 is 7.26. The Morgan fingerprint density at radius 1 is 1.24 bits per heavy atom. The number of hydrogen-bond acceptors (Lipinski definition) is 5. The zero-order chi connectivity index (χ0) is 21.1. The van der Waals surface area contributed by atoms with Gasteiger partial charge in [-0.05, 0) is 51.5 Å². The average Bonchev–Trinajstić information content (AvgIpc) is 3.15. The van der Waals surface area contributed by atoms with Crippen LogP contribution in [0.1, 0.15) is 88.3 Å². The van der Waals surface area contributed by atoms with E-state index >= 15 is 0 Å². The van der Waals surface area contributed by atoms with Gasteiger partial charge in [-0.2, -0.15) is 5.10 Å². The Bertz CT molecular complexity index is 888. The van der Waals surface area contributed by atoms with Crippen LogP contribution in [0.3, 0.4) is 0 Å². The van der Waals surface area contributed by atoms with Crippen molar-refractivity contribution in [3.63, 3.8) is 0 Å². The van der Waals surface area contributed by atoms with E-state index in [0.29, 0.717) is 16.6 Å². The number of nitrogens with zero attached hydrogens (tertiary/aromatic N) is 4. The van der Waals surface area contributed by atoms with Crippen LogP contribution in [-0.4, -0.2) is 50.7 Å². The molecule has 0 spiro atoms. The van der Waals surface area contributed by atoms with E-state index in [1.165, 1.54) is 0 Å². The van der Waals surface area contributed by atoms with E-state index in [1.54, 1.807) is 12.3 Å². The highest BCUT2D eigenvalue weighted by Crippen LogP contribution is 2.25. The fraction of sp³-hybridized carbons (Fsp3) is 0.636. The van der Waals surface area contributed by atoms with E-state index in [4.69, 9.17) is 9.72 Å². The molecule has 0 unspecified atom stereocenters. The number of piperidine rings is 1. The number of rotatable bonds is 6. The van der Waals surface area contributed by atoms with Gasteiger partial charge in [-0.1, -0.05) is 20.8 Å². The molecule has 0 aliphatic carbocycles. The first-order chi connectivity index (χ1) is 13.8. The Morgan fingerprint density at radius 2 is 2.00 bits per heavy atom. The van der Waals surface area contributed by atoms with Crippen LogP contribution in [0.5, 0.6) is 0 Å². The number of fused-ring (bicyclic) bond motifs is 1. The van der Waals surface area contributed by atoms with Crippen molar-refractivity contribution < 1.29 is 14.3 Å². The molecule has 0 saturated carbocycles. The highest BCUT2D eigenvalue weighted by molar-refractivity contribution is 6.03. The van der Waals surface area contributed by atoms with Gasteiger partial charge >= 0.3 is 5.97 Å². The number of pyridine rings is 1. The van der Waals surface area contributed by atoms with Gasteiger partial charge in [0.1, 0.15) is 0 Å². The molecule has 29 heavy (non-hydrogen) atoms. The van der Waals surface area contributed by atoms with Gasteiger partial charge in [-0.25, -0.2) is 14.5 Å². The molecule has 7 heteroatoms. The quantitative estimate of drug-likeness (QED) is 0.683. The molecule has 3 rings (SSSR count). The standard InChI is InChI=1S/C22H32N4O3/c1-6-16-9-7-8-10-25(16)20(27)13-29-22(28)17-11-19(14(2)3)24-21-18(17)12-23-26(21)15(4)5/h11-12,14-16H,6-10,13H2,1-5H3/t16-/m1/s1. The van der Waals surface area contributed by atoms with Crippen LogP contribution in [0.15, 0.2) is 12.3 Å². The van der Waals surface area contributed by atoms with Gasteiger partial charge in [-0.3, -0.25) is 4.79 Å². The van der Waals surface area contributed by atoms with Crippen molar-refractivity contribution in [2.75, 3.05) is 13.2 Å². The number of carbonyl (C=O) groups is 2. The van der Waals surface area contributed by atoms with Crippen molar-refractivity contribution in [1.82, 2.24) is 19.7 Å². The summed E-state index contributed by atoms with van der Waals surface area (Å²) in [6, 6.07) is 2.14. The van der Waals surface area contributed by atoms with E-state index in [9.17, 15) is 9.59 Å². The normalized spacial score (nSPS) is 17.3. The van der Waals surface area contributed by atoms with E-state index in [0.717, 1.165) is 37.9 Å². The number of esters is 1. The minimum absolute atomic E-state index is 0.114. The van der Waals surface area contributed by atoms with E-state index in [-0.39, 0.29) is 30.5 Å². The number of hydrogen-bond donors (Lipinski definition) is 0. The van der Waals surface area contributed by atoms with Gasteiger partial charge in [-0.15, -0.1) is 0 Å². The van der Waals surface area contributed by atoms with Gasteiger partial charge in [0.05, 0.1) is 17.1 Å². The molecule has 0 radical (unpaired) electrons. The molecule has 7 nitrogen and oxygen atoms in total. The molecular weight excluding hydrogens is 368 g/mol. The number of likely N-dealkylation sites (tertiary alicyclic amines) is 1. The maximum Gasteiger partial charge on any atom is 0.339 e. The molecule has 1 aliphatic heterocycles. The van der Waals surface area contributed by atoms with E-state index in [2.05, 4.69) is 12.0 Å². The molecule has 1 amide bonds. The van der Waals surface area contributed by atoms with Crippen molar-refractivity contribution in [1.29, 1.82) is 0 Å². The lowest BCUT2D eigenvalue weighted by Gasteiger charge is -2.35.